The zero-order chi connectivity index (χ0) is 11.7. The van der Waals surface area contributed by atoms with Crippen LogP contribution in [0.2, 0.25) is 0 Å². The maximum Gasteiger partial charge on any atom is 0.180 e. The van der Waals surface area contributed by atoms with Crippen molar-refractivity contribution in [3.8, 4) is 11.5 Å². The number of hydrogen-bond donors (Lipinski definition) is 4. The van der Waals surface area contributed by atoms with Crippen LogP contribution in [0.15, 0.2) is 33.5 Å². The van der Waals surface area contributed by atoms with Crippen LogP contribution in [0.5, 0.6) is 0 Å². The Morgan fingerprint density at radius 2 is 1.88 bits per heavy atom. The van der Waals surface area contributed by atoms with Crippen LogP contribution in [-0.2, 0) is 0 Å². The van der Waals surface area contributed by atoms with Gasteiger partial charge in [-0.25, -0.2) is 0 Å². The van der Waals surface area contributed by atoms with E-state index in [2.05, 4.69) is 0 Å². The van der Waals surface area contributed by atoms with Crippen LogP contribution in [-0.4, -0.2) is 11.7 Å². The molecule has 0 aliphatic heterocycles. The van der Waals surface area contributed by atoms with Gasteiger partial charge in [0.05, 0.1) is 17.4 Å². The summed E-state index contributed by atoms with van der Waals surface area (Å²) in [5, 5.41) is 14.8. The second-order valence-electron chi connectivity index (χ2n) is 3.16. The fourth-order valence-corrected chi connectivity index (χ4v) is 1.41. The minimum absolute atomic E-state index is 0.202. The minimum atomic E-state index is -0.217. The van der Waals surface area contributed by atoms with E-state index in [0.717, 1.165) is 0 Å². The molecule has 0 unspecified atom stereocenters. The molecular weight excluding hydrogens is 208 g/mol. The van der Waals surface area contributed by atoms with Crippen molar-refractivity contribution in [2.75, 3.05) is 0 Å². The summed E-state index contributed by atoms with van der Waals surface area (Å²) in [7, 11) is 0. The fourth-order valence-electron chi connectivity index (χ4n) is 1.41. The van der Waals surface area contributed by atoms with Gasteiger partial charge in [-0.3, -0.25) is 10.8 Å². The Balaban J connectivity index is 2.64. The first-order valence-corrected chi connectivity index (χ1v) is 4.45. The van der Waals surface area contributed by atoms with E-state index < -0.39 is 0 Å². The van der Waals surface area contributed by atoms with E-state index in [4.69, 9.17) is 31.1 Å². The summed E-state index contributed by atoms with van der Waals surface area (Å²) in [6.45, 7) is 0. The molecule has 0 bridgehead atoms. The molecule has 2 aromatic rings. The van der Waals surface area contributed by atoms with Gasteiger partial charge >= 0.3 is 0 Å². The summed E-state index contributed by atoms with van der Waals surface area (Å²) >= 11 is 0. The average Bonchev–Trinajstić information content (AvgIpc) is 2.85. The maximum atomic E-state index is 7.45. The average molecular weight is 218 g/mol. The van der Waals surface area contributed by atoms with Crippen LogP contribution >= 0.6 is 0 Å². The number of amidine groups is 2. The SMILES string of the molecule is N=C(N)c1coc(-c2ccco2)c1C(=N)N. The predicted octanol–water partition coefficient (Wildman–Crippen LogP) is 1.11. The zero-order valence-electron chi connectivity index (χ0n) is 8.28. The summed E-state index contributed by atoms with van der Waals surface area (Å²) < 4.78 is 10.4. The molecule has 0 spiro atoms. The quantitative estimate of drug-likeness (QED) is 0.454. The molecule has 0 saturated carbocycles. The number of nitrogens with one attached hydrogen (secondary N) is 2. The number of furan rings is 2. The highest BCUT2D eigenvalue weighted by Crippen LogP contribution is 2.28. The smallest absolute Gasteiger partial charge is 0.180 e. The molecule has 0 amide bonds. The standard InChI is InChI=1S/C10H10N4O2/c11-9(12)5-4-16-8(7(5)10(13)14)6-2-1-3-15-6/h1-4H,(H3,11,12)(H3,13,14). The number of hydrogen-bond acceptors (Lipinski definition) is 4. The van der Waals surface area contributed by atoms with E-state index in [0.29, 0.717) is 17.1 Å². The third kappa shape index (κ3) is 1.46. The van der Waals surface area contributed by atoms with E-state index >= 15 is 0 Å². The molecule has 0 aromatic carbocycles. The Labute approximate surface area is 90.9 Å². The molecule has 0 aliphatic rings. The molecule has 2 aromatic heterocycles. The number of nitrogens with two attached hydrogens (primary N) is 2. The van der Waals surface area contributed by atoms with E-state index in [1.807, 2.05) is 0 Å². The highest BCUT2D eigenvalue weighted by Gasteiger charge is 2.21. The minimum Gasteiger partial charge on any atom is -0.461 e. The van der Waals surface area contributed by atoms with Crippen molar-refractivity contribution in [1.82, 2.24) is 0 Å². The predicted molar refractivity (Wildman–Crippen MR) is 58.4 cm³/mol. The normalized spacial score (nSPS) is 10.2. The number of rotatable bonds is 3. The molecule has 0 atom stereocenters. The summed E-state index contributed by atoms with van der Waals surface area (Å²) in [6.07, 6.45) is 2.77. The van der Waals surface area contributed by atoms with Crippen LogP contribution in [0.3, 0.4) is 0 Å². The van der Waals surface area contributed by atoms with Crippen molar-refractivity contribution in [3.05, 3.63) is 35.8 Å². The lowest BCUT2D eigenvalue weighted by atomic mass is 10.1. The first-order valence-electron chi connectivity index (χ1n) is 4.45. The van der Waals surface area contributed by atoms with Crippen molar-refractivity contribution in [2.45, 2.75) is 0 Å². The van der Waals surface area contributed by atoms with Gasteiger partial charge < -0.3 is 20.3 Å². The highest BCUT2D eigenvalue weighted by molar-refractivity contribution is 6.11. The molecule has 6 N–H and O–H groups in total. The molecule has 0 saturated heterocycles. The van der Waals surface area contributed by atoms with Crippen molar-refractivity contribution in [3.63, 3.8) is 0 Å². The van der Waals surface area contributed by atoms with Gasteiger partial charge in [0.25, 0.3) is 0 Å². The summed E-state index contributed by atoms with van der Waals surface area (Å²) in [5.41, 5.74) is 11.4. The monoisotopic (exact) mass is 218 g/mol. The Kier molecular flexibility index (Phi) is 2.24. The second kappa shape index (κ2) is 3.58. The molecule has 0 radical (unpaired) electrons. The Morgan fingerprint density at radius 1 is 1.12 bits per heavy atom. The van der Waals surface area contributed by atoms with Crippen LogP contribution in [0.1, 0.15) is 11.1 Å². The van der Waals surface area contributed by atoms with Gasteiger partial charge in [0.2, 0.25) is 0 Å². The van der Waals surface area contributed by atoms with Gasteiger partial charge in [0, 0.05) is 0 Å². The molecule has 0 fully saturated rings. The number of nitrogen functional groups attached to an aromatic ring is 2. The second-order valence-corrected chi connectivity index (χ2v) is 3.16. The van der Waals surface area contributed by atoms with Gasteiger partial charge in [-0.15, -0.1) is 0 Å². The summed E-state index contributed by atoms with van der Waals surface area (Å²) in [4.78, 5) is 0. The van der Waals surface area contributed by atoms with Gasteiger partial charge in [0.15, 0.2) is 11.5 Å². The molecule has 2 rings (SSSR count). The Morgan fingerprint density at radius 3 is 2.38 bits per heavy atom. The summed E-state index contributed by atoms with van der Waals surface area (Å²) in [6, 6.07) is 3.37. The van der Waals surface area contributed by atoms with Crippen molar-refractivity contribution in [1.29, 1.82) is 10.8 Å². The van der Waals surface area contributed by atoms with Gasteiger partial charge in [-0.1, -0.05) is 0 Å². The van der Waals surface area contributed by atoms with Crippen LogP contribution < -0.4 is 11.5 Å². The van der Waals surface area contributed by atoms with Gasteiger partial charge in [-0.05, 0) is 12.1 Å². The third-order valence-electron chi connectivity index (χ3n) is 2.10. The van der Waals surface area contributed by atoms with Gasteiger partial charge in [0.1, 0.15) is 17.9 Å². The topological polar surface area (TPSA) is 126 Å². The van der Waals surface area contributed by atoms with E-state index in [1.54, 1.807) is 12.1 Å². The van der Waals surface area contributed by atoms with Crippen molar-refractivity contribution in [2.24, 2.45) is 11.5 Å². The molecule has 2 heterocycles. The Hall–Kier alpha value is -2.50. The van der Waals surface area contributed by atoms with Crippen molar-refractivity contribution < 1.29 is 8.83 Å². The summed E-state index contributed by atoms with van der Waals surface area (Å²) in [5.74, 6) is 0.331. The third-order valence-corrected chi connectivity index (χ3v) is 2.10. The molecule has 0 aliphatic carbocycles. The highest BCUT2D eigenvalue weighted by atomic mass is 16.4. The lowest BCUT2D eigenvalue weighted by molar-refractivity contribution is 0.524. The van der Waals surface area contributed by atoms with Crippen LogP contribution in [0, 0.1) is 10.8 Å². The molecule has 82 valence electrons. The first-order chi connectivity index (χ1) is 7.61. The maximum absolute atomic E-state index is 7.45. The molecule has 6 heteroatoms. The van der Waals surface area contributed by atoms with E-state index in [-0.39, 0.29) is 17.2 Å². The lowest BCUT2D eigenvalue weighted by Gasteiger charge is -2.00. The fraction of sp³-hybridized carbons (Fsp3) is 0. The largest absolute Gasteiger partial charge is 0.461 e. The molecular formula is C10H10N4O2. The first kappa shape index (κ1) is 10.0. The van der Waals surface area contributed by atoms with E-state index in [1.165, 1.54) is 12.5 Å². The van der Waals surface area contributed by atoms with Gasteiger partial charge in [-0.2, -0.15) is 0 Å². The lowest BCUT2D eigenvalue weighted by Crippen LogP contribution is -2.19. The van der Waals surface area contributed by atoms with Crippen molar-refractivity contribution >= 4 is 11.7 Å². The zero-order valence-corrected chi connectivity index (χ0v) is 8.28. The molecule has 6 nitrogen and oxygen atoms in total. The molecule has 16 heavy (non-hydrogen) atoms. The Bertz CT molecular complexity index is 539. The van der Waals surface area contributed by atoms with Crippen LogP contribution in [0.25, 0.3) is 11.5 Å². The van der Waals surface area contributed by atoms with E-state index in [9.17, 15) is 0 Å². The van der Waals surface area contributed by atoms with Crippen LogP contribution in [0.4, 0.5) is 0 Å².